The van der Waals surface area contributed by atoms with Gasteiger partial charge in [-0.15, -0.1) is 0 Å². The van der Waals surface area contributed by atoms with E-state index in [1.165, 1.54) is 12.1 Å². The molecule has 206 valence electrons. The average molecular weight is 536 g/mol. The normalized spacial score (nSPS) is 21.5. The first kappa shape index (κ1) is 27.0. The van der Waals surface area contributed by atoms with Crippen molar-refractivity contribution in [2.75, 3.05) is 19.6 Å². The number of halogens is 2. The summed E-state index contributed by atoms with van der Waals surface area (Å²) in [4.78, 5) is 32.9. The highest BCUT2D eigenvalue weighted by Gasteiger charge is 2.35. The SMILES string of the molecule is CCC(=O)N[C@H]1CCCC[C@@H]1n1cnc(C(=O)N2CCNC[C@H]2Cc2cc(F)cc(F)c2)c1-c1ccccc1. The van der Waals surface area contributed by atoms with Crippen molar-refractivity contribution in [3.63, 3.8) is 0 Å². The molecule has 3 atom stereocenters. The molecule has 0 radical (unpaired) electrons. The summed E-state index contributed by atoms with van der Waals surface area (Å²) in [5.41, 5.74) is 2.47. The summed E-state index contributed by atoms with van der Waals surface area (Å²) in [6, 6.07) is 12.9. The maximum absolute atomic E-state index is 14.1. The Balaban J connectivity index is 1.50. The second kappa shape index (κ2) is 12.1. The number of hydrogen-bond acceptors (Lipinski definition) is 4. The van der Waals surface area contributed by atoms with Crippen LogP contribution in [-0.4, -0.2) is 58.0 Å². The lowest BCUT2D eigenvalue weighted by atomic mass is 9.89. The number of carbonyl (C=O) groups excluding carboxylic acids is 2. The van der Waals surface area contributed by atoms with Crippen LogP contribution in [0.25, 0.3) is 11.3 Å². The number of imidazole rings is 1. The van der Waals surface area contributed by atoms with Gasteiger partial charge in [-0.1, -0.05) is 50.1 Å². The van der Waals surface area contributed by atoms with Crippen molar-refractivity contribution in [2.24, 2.45) is 0 Å². The molecule has 2 aliphatic rings. The van der Waals surface area contributed by atoms with Gasteiger partial charge in [0.25, 0.3) is 5.91 Å². The van der Waals surface area contributed by atoms with E-state index in [0.29, 0.717) is 43.7 Å². The minimum atomic E-state index is -0.631. The van der Waals surface area contributed by atoms with E-state index in [9.17, 15) is 18.4 Å². The Morgan fingerprint density at radius 2 is 1.82 bits per heavy atom. The van der Waals surface area contributed by atoms with Gasteiger partial charge in [0.2, 0.25) is 5.91 Å². The minimum absolute atomic E-state index is 0.0158. The van der Waals surface area contributed by atoms with Crippen molar-refractivity contribution >= 4 is 11.8 Å². The van der Waals surface area contributed by atoms with Crippen LogP contribution < -0.4 is 10.6 Å². The minimum Gasteiger partial charge on any atom is -0.351 e. The van der Waals surface area contributed by atoms with Gasteiger partial charge < -0.3 is 20.1 Å². The van der Waals surface area contributed by atoms with Gasteiger partial charge in [-0.25, -0.2) is 13.8 Å². The van der Waals surface area contributed by atoms with Crippen LogP contribution in [0, 0.1) is 11.6 Å². The van der Waals surface area contributed by atoms with Crippen molar-refractivity contribution in [1.82, 2.24) is 25.1 Å². The summed E-state index contributed by atoms with van der Waals surface area (Å²) < 4.78 is 29.8. The van der Waals surface area contributed by atoms with E-state index in [1.807, 2.05) is 37.3 Å². The molecule has 2 aromatic carbocycles. The lowest BCUT2D eigenvalue weighted by Gasteiger charge is -2.36. The van der Waals surface area contributed by atoms with Crippen LogP contribution in [0.4, 0.5) is 8.78 Å². The van der Waals surface area contributed by atoms with E-state index in [2.05, 4.69) is 20.2 Å². The number of amides is 2. The molecule has 0 bridgehead atoms. The molecule has 5 rings (SSSR count). The molecule has 0 unspecified atom stereocenters. The number of nitrogens with one attached hydrogen (secondary N) is 2. The van der Waals surface area contributed by atoms with E-state index in [0.717, 1.165) is 43.0 Å². The van der Waals surface area contributed by atoms with Crippen molar-refractivity contribution in [2.45, 2.75) is 63.6 Å². The first-order chi connectivity index (χ1) is 18.9. The van der Waals surface area contributed by atoms with Crippen LogP contribution in [0.5, 0.6) is 0 Å². The topological polar surface area (TPSA) is 79.3 Å². The summed E-state index contributed by atoms with van der Waals surface area (Å²) in [5, 5.41) is 6.49. The van der Waals surface area contributed by atoms with Gasteiger partial charge in [0.15, 0.2) is 5.69 Å². The Morgan fingerprint density at radius 3 is 2.56 bits per heavy atom. The Kier molecular flexibility index (Phi) is 8.35. The van der Waals surface area contributed by atoms with Crippen LogP contribution in [0.3, 0.4) is 0 Å². The Labute approximate surface area is 227 Å². The summed E-state index contributed by atoms with van der Waals surface area (Å²) >= 11 is 0. The monoisotopic (exact) mass is 535 g/mol. The van der Waals surface area contributed by atoms with Crippen LogP contribution >= 0.6 is 0 Å². The van der Waals surface area contributed by atoms with Crippen molar-refractivity contribution in [3.05, 3.63) is 77.8 Å². The quantitative estimate of drug-likeness (QED) is 0.467. The number of benzene rings is 2. The zero-order valence-electron chi connectivity index (χ0n) is 22.2. The third-order valence-electron chi connectivity index (χ3n) is 7.80. The molecule has 7 nitrogen and oxygen atoms in total. The lowest BCUT2D eigenvalue weighted by Crippen LogP contribution is -2.54. The molecule has 1 aromatic heterocycles. The molecule has 1 aliphatic carbocycles. The standard InChI is InChI=1S/C30H35F2N5O2/c1-2-27(38)35-25-10-6-7-11-26(25)37-19-34-28(29(37)21-8-4-3-5-9-21)30(39)36-13-12-33-18-24(36)16-20-14-22(31)17-23(32)15-20/h3-5,8-9,14-15,17,19,24-26,33H,2,6-7,10-13,16,18H2,1H3,(H,35,38)/t24-,25+,26+/m1/s1. The van der Waals surface area contributed by atoms with Gasteiger partial charge in [0, 0.05) is 49.8 Å². The Morgan fingerprint density at radius 1 is 1.08 bits per heavy atom. The van der Waals surface area contributed by atoms with Gasteiger partial charge in [-0.2, -0.15) is 0 Å². The van der Waals surface area contributed by atoms with E-state index in [-0.39, 0.29) is 29.9 Å². The smallest absolute Gasteiger partial charge is 0.275 e. The van der Waals surface area contributed by atoms with Gasteiger partial charge in [0.05, 0.1) is 18.1 Å². The molecule has 9 heteroatoms. The highest BCUT2D eigenvalue weighted by atomic mass is 19.1. The molecule has 3 aromatic rings. The highest BCUT2D eigenvalue weighted by molar-refractivity contribution is 5.98. The molecule has 2 N–H and O–H groups in total. The number of rotatable bonds is 7. The van der Waals surface area contributed by atoms with Crippen LogP contribution in [0.15, 0.2) is 54.9 Å². The zero-order chi connectivity index (χ0) is 27.4. The second-order valence-electron chi connectivity index (χ2n) is 10.4. The van der Waals surface area contributed by atoms with Crippen LogP contribution in [0.2, 0.25) is 0 Å². The third kappa shape index (κ3) is 6.03. The fraction of sp³-hybridized carbons (Fsp3) is 0.433. The molecular weight excluding hydrogens is 500 g/mol. The molecule has 1 saturated heterocycles. The summed E-state index contributed by atoms with van der Waals surface area (Å²) in [5.74, 6) is -1.45. The fourth-order valence-electron chi connectivity index (χ4n) is 5.92. The molecule has 2 amide bonds. The highest BCUT2D eigenvalue weighted by Crippen LogP contribution is 2.35. The Hall–Kier alpha value is -3.59. The number of hydrogen-bond donors (Lipinski definition) is 2. The van der Waals surface area contributed by atoms with Crippen LogP contribution in [0.1, 0.15) is 61.1 Å². The van der Waals surface area contributed by atoms with E-state index in [1.54, 1.807) is 11.2 Å². The average Bonchev–Trinajstić information content (AvgIpc) is 3.38. The fourth-order valence-corrected chi connectivity index (χ4v) is 5.92. The van der Waals surface area contributed by atoms with E-state index in [4.69, 9.17) is 0 Å². The summed E-state index contributed by atoms with van der Waals surface area (Å²) in [6.07, 6.45) is 6.29. The first-order valence-corrected chi connectivity index (χ1v) is 13.8. The second-order valence-corrected chi connectivity index (χ2v) is 10.4. The van der Waals surface area contributed by atoms with Gasteiger partial charge in [0.1, 0.15) is 11.6 Å². The summed E-state index contributed by atoms with van der Waals surface area (Å²) in [7, 11) is 0. The number of carbonyl (C=O) groups is 2. The third-order valence-corrected chi connectivity index (χ3v) is 7.80. The zero-order valence-corrected chi connectivity index (χ0v) is 22.2. The van der Waals surface area contributed by atoms with Gasteiger partial charge in [-0.05, 0) is 37.0 Å². The number of nitrogens with zero attached hydrogens (tertiary/aromatic N) is 3. The first-order valence-electron chi connectivity index (χ1n) is 13.8. The number of aromatic nitrogens is 2. The van der Waals surface area contributed by atoms with Crippen molar-refractivity contribution in [1.29, 1.82) is 0 Å². The molecular formula is C30H35F2N5O2. The molecule has 39 heavy (non-hydrogen) atoms. The van der Waals surface area contributed by atoms with Gasteiger partial charge >= 0.3 is 0 Å². The maximum Gasteiger partial charge on any atom is 0.275 e. The molecule has 1 aliphatic heterocycles. The van der Waals surface area contributed by atoms with E-state index < -0.39 is 11.6 Å². The molecule has 0 spiro atoms. The molecule has 2 fully saturated rings. The molecule has 2 heterocycles. The van der Waals surface area contributed by atoms with Gasteiger partial charge in [-0.3, -0.25) is 9.59 Å². The predicted molar refractivity (Wildman–Crippen MR) is 145 cm³/mol. The predicted octanol–water partition coefficient (Wildman–Crippen LogP) is 4.49. The maximum atomic E-state index is 14.1. The van der Waals surface area contributed by atoms with Crippen molar-refractivity contribution < 1.29 is 18.4 Å². The summed E-state index contributed by atoms with van der Waals surface area (Å²) in [6.45, 7) is 3.44. The lowest BCUT2D eigenvalue weighted by molar-refractivity contribution is -0.122. The van der Waals surface area contributed by atoms with Crippen molar-refractivity contribution in [3.8, 4) is 11.3 Å². The molecule has 1 saturated carbocycles. The largest absolute Gasteiger partial charge is 0.351 e. The number of piperazine rings is 1. The van der Waals surface area contributed by atoms with E-state index >= 15 is 0 Å². The Bertz CT molecular complexity index is 1290. The van der Waals surface area contributed by atoms with Crippen LogP contribution in [-0.2, 0) is 11.2 Å².